The highest BCUT2D eigenvalue weighted by atomic mass is 31.1. The Balaban J connectivity index is 1.89. The second kappa shape index (κ2) is 5.83. The number of rotatable bonds is 3. The summed E-state index contributed by atoms with van der Waals surface area (Å²) in [5, 5.41) is 10.4. The van der Waals surface area contributed by atoms with Crippen molar-refractivity contribution in [2.75, 3.05) is 0 Å². The van der Waals surface area contributed by atoms with Crippen molar-refractivity contribution in [3.8, 4) is 11.5 Å². The van der Waals surface area contributed by atoms with Gasteiger partial charge in [0.15, 0.2) is 11.4 Å². The summed E-state index contributed by atoms with van der Waals surface area (Å²) in [5.74, 6) is 1.18. The standard InChI is InChI=1S/C17H11N4O2P/c18-24-14-6-5-12(10-3-1-2-4-11(10)14)23-13-7-8-19-17-16(13)20-9-15(22)21-17/h1-9,18H,(H,19,21,22). The molecule has 0 spiro atoms. The lowest BCUT2D eigenvalue weighted by atomic mass is 10.1. The lowest BCUT2D eigenvalue weighted by Gasteiger charge is -2.11. The number of aromatic nitrogens is 3. The van der Waals surface area contributed by atoms with E-state index in [2.05, 4.69) is 15.0 Å². The molecule has 0 unspecified atom stereocenters. The lowest BCUT2D eigenvalue weighted by molar-refractivity contribution is 0.492. The summed E-state index contributed by atoms with van der Waals surface area (Å²) in [4.78, 5) is 22.3. The van der Waals surface area contributed by atoms with Crippen LogP contribution in [0.4, 0.5) is 0 Å². The third-order valence-electron chi connectivity index (χ3n) is 3.64. The average Bonchev–Trinajstić information content (AvgIpc) is 2.62. The molecule has 4 rings (SSSR count). The van der Waals surface area contributed by atoms with Crippen molar-refractivity contribution >= 4 is 35.6 Å². The highest BCUT2D eigenvalue weighted by molar-refractivity contribution is 7.36. The molecule has 0 fully saturated rings. The minimum atomic E-state index is -0.309. The number of hydrogen-bond donors (Lipinski definition) is 2. The maximum absolute atomic E-state index is 11.4. The van der Waals surface area contributed by atoms with Crippen LogP contribution in [0.1, 0.15) is 0 Å². The van der Waals surface area contributed by atoms with Gasteiger partial charge in [-0.05, 0) is 17.5 Å². The second-order valence-corrected chi connectivity index (χ2v) is 5.80. The third-order valence-corrected chi connectivity index (χ3v) is 4.27. The summed E-state index contributed by atoms with van der Waals surface area (Å²) in [5.41, 5.74) is 0.561. The number of H-pyrrole nitrogens is 1. The number of benzene rings is 2. The van der Waals surface area contributed by atoms with Crippen LogP contribution >= 0.6 is 8.37 Å². The van der Waals surface area contributed by atoms with Gasteiger partial charge >= 0.3 is 0 Å². The van der Waals surface area contributed by atoms with Crippen LogP contribution in [0, 0.1) is 5.16 Å². The zero-order chi connectivity index (χ0) is 16.5. The molecule has 0 aliphatic rings. The first-order valence-corrected chi connectivity index (χ1v) is 8.07. The van der Waals surface area contributed by atoms with Crippen molar-refractivity contribution in [1.29, 1.82) is 5.16 Å². The van der Waals surface area contributed by atoms with Crippen LogP contribution in [-0.4, -0.2) is 15.0 Å². The molecule has 2 aromatic heterocycles. The van der Waals surface area contributed by atoms with E-state index in [1.165, 1.54) is 6.20 Å². The van der Waals surface area contributed by atoms with E-state index in [1.807, 2.05) is 36.4 Å². The van der Waals surface area contributed by atoms with Gasteiger partial charge in [-0.15, -0.1) is 0 Å². The average molecular weight is 334 g/mol. The van der Waals surface area contributed by atoms with E-state index in [9.17, 15) is 4.79 Å². The quantitative estimate of drug-likeness (QED) is 0.560. The SMILES string of the molecule is N=Pc1ccc(Oc2ccnc3[nH]c(=O)cnc23)c2ccccc12. The molecule has 0 saturated heterocycles. The molecule has 0 saturated carbocycles. The van der Waals surface area contributed by atoms with Crippen molar-refractivity contribution in [3.63, 3.8) is 0 Å². The maximum Gasteiger partial charge on any atom is 0.268 e. The number of pyridine rings is 1. The van der Waals surface area contributed by atoms with Crippen LogP contribution in [0.15, 0.2) is 59.7 Å². The molecule has 4 aromatic rings. The molecular weight excluding hydrogens is 323 g/mol. The summed E-state index contributed by atoms with van der Waals surface area (Å²) < 4.78 is 6.06. The monoisotopic (exact) mass is 334 g/mol. The Morgan fingerprint density at radius 3 is 2.67 bits per heavy atom. The van der Waals surface area contributed by atoms with Gasteiger partial charge < -0.3 is 9.72 Å². The van der Waals surface area contributed by atoms with Gasteiger partial charge in [-0.3, -0.25) is 9.96 Å². The number of aromatic amines is 1. The van der Waals surface area contributed by atoms with Crippen molar-refractivity contribution in [3.05, 3.63) is 65.2 Å². The lowest BCUT2D eigenvalue weighted by Crippen LogP contribution is -2.06. The molecular formula is C17H11N4O2P. The molecule has 0 radical (unpaired) electrons. The van der Waals surface area contributed by atoms with Gasteiger partial charge in [-0.2, -0.15) is 0 Å². The van der Waals surface area contributed by atoms with E-state index in [0.717, 1.165) is 16.1 Å². The van der Waals surface area contributed by atoms with Crippen LogP contribution in [-0.2, 0) is 0 Å². The Kier molecular flexibility index (Phi) is 3.52. The van der Waals surface area contributed by atoms with Crippen LogP contribution in [0.5, 0.6) is 11.5 Å². The molecule has 2 heterocycles. The Bertz CT molecular complexity index is 1140. The summed E-state index contributed by atoms with van der Waals surface area (Å²) in [6, 6.07) is 13.2. The molecule has 6 nitrogen and oxygen atoms in total. The summed E-state index contributed by atoms with van der Waals surface area (Å²) in [6.45, 7) is 0. The zero-order valence-corrected chi connectivity index (χ0v) is 13.2. The van der Waals surface area contributed by atoms with Crippen LogP contribution in [0.25, 0.3) is 21.9 Å². The van der Waals surface area contributed by atoms with Gasteiger partial charge in [-0.25, -0.2) is 9.97 Å². The van der Waals surface area contributed by atoms with Crippen molar-refractivity contribution < 1.29 is 4.74 Å². The van der Waals surface area contributed by atoms with Crippen molar-refractivity contribution in [2.45, 2.75) is 0 Å². The molecule has 2 N–H and O–H groups in total. The predicted octanol–water partition coefficient (Wildman–Crippen LogP) is 3.60. The summed E-state index contributed by atoms with van der Waals surface area (Å²) in [7, 11) is 0.457. The molecule has 0 atom stereocenters. The molecule has 0 bridgehead atoms. The highest BCUT2D eigenvalue weighted by Crippen LogP contribution is 2.32. The van der Waals surface area contributed by atoms with Gasteiger partial charge in [0.2, 0.25) is 0 Å². The molecule has 2 aromatic carbocycles. The summed E-state index contributed by atoms with van der Waals surface area (Å²) in [6.07, 6.45) is 2.77. The van der Waals surface area contributed by atoms with Crippen LogP contribution < -0.4 is 15.6 Å². The van der Waals surface area contributed by atoms with E-state index in [-0.39, 0.29) is 5.56 Å². The largest absolute Gasteiger partial charge is 0.454 e. The normalized spacial score (nSPS) is 11.2. The topological polar surface area (TPSA) is 91.7 Å². The molecule has 0 aliphatic carbocycles. The van der Waals surface area contributed by atoms with E-state index < -0.39 is 0 Å². The number of nitrogens with one attached hydrogen (secondary N) is 2. The molecule has 0 amide bonds. The minimum Gasteiger partial charge on any atom is -0.454 e. The van der Waals surface area contributed by atoms with Gasteiger partial charge in [0.25, 0.3) is 5.56 Å². The minimum absolute atomic E-state index is 0.309. The van der Waals surface area contributed by atoms with E-state index in [0.29, 0.717) is 31.0 Å². The van der Waals surface area contributed by atoms with Gasteiger partial charge in [0, 0.05) is 31.3 Å². The van der Waals surface area contributed by atoms with E-state index >= 15 is 0 Å². The maximum atomic E-state index is 11.4. The number of nitrogens with zero attached hydrogens (tertiary/aromatic N) is 2. The first kappa shape index (κ1) is 14.5. The first-order valence-electron chi connectivity index (χ1n) is 7.17. The van der Waals surface area contributed by atoms with Crippen molar-refractivity contribution in [2.24, 2.45) is 0 Å². The first-order chi connectivity index (χ1) is 11.8. The fourth-order valence-corrected chi connectivity index (χ4v) is 3.03. The Hall–Kier alpha value is -3.11. The van der Waals surface area contributed by atoms with Gasteiger partial charge in [0.05, 0.1) is 6.20 Å². The van der Waals surface area contributed by atoms with Crippen molar-refractivity contribution in [1.82, 2.24) is 15.0 Å². The molecule has 7 heteroatoms. The highest BCUT2D eigenvalue weighted by Gasteiger charge is 2.10. The summed E-state index contributed by atoms with van der Waals surface area (Å²) >= 11 is 0. The van der Waals surface area contributed by atoms with E-state index in [4.69, 9.17) is 9.90 Å². The molecule has 24 heavy (non-hydrogen) atoms. The number of hydrogen-bond acceptors (Lipinski definition) is 5. The fraction of sp³-hybridized carbons (Fsp3) is 0. The molecule has 0 aliphatic heterocycles. The zero-order valence-electron chi connectivity index (χ0n) is 12.4. The Morgan fingerprint density at radius 2 is 1.83 bits per heavy atom. The predicted molar refractivity (Wildman–Crippen MR) is 93.5 cm³/mol. The smallest absolute Gasteiger partial charge is 0.268 e. The third kappa shape index (κ3) is 2.43. The van der Waals surface area contributed by atoms with E-state index in [1.54, 1.807) is 12.3 Å². The number of fused-ring (bicyclic) bond motifs is 2. The van der Waals surface area contributed by atoms with Crippen LogP contribution in [0.3, 0.4) is 0 Å². The molecule has 116 valence electrons. The fourth-order valence-electron chi connectivity index (χ4n) is 2.57. The second-order valence-electron chi connectivity index (χ2n) is 5.10. The Morgan fingerprint density at radius 1 is 1.00 bits per heavy atom. The number of ether oxygens (including phenoxy) is 1. The van der Waals surface area contributed by atoms with Gasteiger partial charge in [0.1, 0.15) is 11.3 Å². The van der Waals surface area contributed by atoms with Gasteiger partial charge in [-0.1, -0.05) is 24.3 Å². The Labute approximate surface area is 137 Å². The van der Waals surface area contributed by atoms with Crippen LogP contribution in [0.2, 0.25) is 0 Å².